The number of pyridine rings is 1. The molecule has 0 radical (unpaired) electrons. The molecular weight excluding hydrogens is 220 g/mol. The summed E-state index contributed by atoms with van der Waals surface area (Å²) in [6, 6.07) is 11.4. The summed E-state index contributed by atoms with van der Waals surface area (Å²) < 4.78 is 0. The van der Waals surface area contributed by atoms with E-state index in [1.807, 2.05) is 0 Å². The smallest absolute Gasteiger partial charge is 0.0708 e. The fourth-order valence-electron chi connectivity index (χ4n) is 2.73. The average molecular weight is 240 g/mol. The van der Waals surface area contributed by atoms with E-state index in [-0.39, 0.29) is 0 Å². The molecular formula is C16H20N2. The third kappa shape index (κ3) is 2.25. The van der Waals surface area contributed by atoms with Gasteiger partial charge < -0.3 is 5.32 Å². The summed E-state index contributed by atoms with van der Waals surface area (Å²) in [6.07, 6.45) is 2.65. The summed E-state index contributed by atoms with van der Waals surface area (Å²) >= 11 is 0. The Morgan fingerprint density at radius 1 is 1.33 bits per heavy atom. The number of aromatic nitrogens is 1. The number of aryl methyl sites for hydroxylation is 1. The van der Waals surface area contributed by atoms with Gasteiger partial charge >= 0.3 is 0 Å². The molecule has 1 aromatic carbocycles. The molecule has 94 valence electrons. The Hall–Kier alpha value is -1.41. The van der Waals surface area contributed by atoms with E-state index in [0.717, 1.165) is 29.7 Å². The van der Waals surface area contributed by atoms with Crippen LogP contribution in [0, 0.1) is 12.8 Å². The van der Waals surface area contributed by atoms with Crippen LogP contribution in [0.4, 0.5) is 0 Å². The summed E-state index contributed by atoms with van der Waals surface area (Å²) in [7, 11) is 0. The third-order valence-corrected chi connectivity index (χ3v) is 3.93. The van der Waals surface area contributed by atoms with Crippen molar-refractivity contribution in [3.05, 3.63) is 41.6 Å². The van der Waals surface area contributed by atoms with Crippen molar-refractivity contribution in [3.8, 4) is 0 Å². The molecule has 1 aromatic heterocycles. The molecule has 0 aliphatic heterocycles. The van der Waals surface area contributed by atoms with Crippen molar-refractivity contribution in [2.24, 2.45) is 5.92 Å². The number of nitrogens with one attached hydrogen (secondary N) is 1. The molecule has 1 N–H and O–H groups in total. The van der Waals surface area contributed by atoms with E-state index in [1.54, 1.807) is 0 Å². The van der Waals surface area contributed by atoms with E-state index >= 15 is 0 Å². The van der Waals surface area contributed by atoms with Gasteiger partial charge in [0.25, 0.3) is 0 Å². The molecule has 1 heterocycles. The summed E-state index contributed by atoms with van der Waals surface area (Å²) in [5.74, 6) is 0.902. The van der Waals surface area contributed by atoms with Crippen molar-refractivity contribution >= 4 is 10.9 Å². The highest BCUT2D eigenvalue weighted by Gasteiger charge is 2.34. The summed E-state index contributed by atoms with van der Waals surface area (Å²) in [5, 5.41) is 4.95. The van der Waals surface area contributed by atoms with E-state index in [9.17, 15) is 0 Å². The number of hydrogen-bond acceptors (Lipinski definition) is 2. The monoisotopic (exact) mass is 240 g/mol. The lowest BCUT2D eigenvalue weighted by molar-refractivity contribution is 0.624. The predicted octanol–water partition coefficient (Wildman–Crippen LogP) is 3.43. The maximum absolute atomic E-state index is 4.58. The van der Waals surface area contributed by atoms with Gasteiger partial charge in [-0.2, -0.15) is 0 Å². The summed E-state index contributed by atoms with van der Waals surface area (Å²) in [6.45, 7) is 5.31. The Morgan fingerprint density at radius 3 is 2.94 bits per heavy atom. The van der Waals surface area contributed by atoms with Gasteiger partial charge in [0.05, 0.1) is 5.52 Å². The van der Waals surface area contributed by atoms with E-state index in [2.05, 4.69) is 54.5 Å². The van der Waals surface area contributed by atoms with Crippen LogP contribution in [0.2, 0.25) is 0 Å². The SMILES string of the molecule is CCC1CC1NCc1cc(C)nc2ccccc12. The van der Waals surface area contributed by atoms with Crippen LogP contribution in [-0.4, -0.2) is 11.0 Å². The van der Waals surface area contributed by atoms with Gasteiger partial charge in [-0.1, -0.05) is 31.5 Å². The van der Waals surface area contributed by atoms with Crippen LogP contribution in [0.15, 0.2) is 30.3 Å². The second-order valence-corrected chi connectivity index (χ2v) is 5.33. The van der Waals surface area contributed by atoms with Gasteiger partial charge in [0.2, 0.25) is 0 Å². The Morgan fingerprint density at radius 2 is 2.17 bits per heavy atom. The van der Waals surface area contributed by atoms with Gasteiger partial charge in [-0.15, -0.1) is 0 Å². The highest BCUT2D eigenvalue weighted by molar-refractivity contribution is 5.82. The first-order valence-electron chi connectivity index (χ1n) is 6.86. The van der Waals surface area contributed by atoms with Crippen LogP contribution in [0.5, 0.6) is 0 Å². The van der Waals surface area contributed by atoms with Gasteiger partial charge in [0.1, 0.15) is 0 Å². The van der Waals surface area contributed by atoms with Crippen molar-refractivity contribution in [3.63, 3.8) is 0 Å². The van der Waals surface area contributed by atoms with Gasteiger partial charge in [-0.3, -0.25) is 4.98 Å². The molecule has 2 unspecified atom stereocenters. The zero-order chi connectivity index (χ0) is 12.5. The van der Waals surface area contributed by atoms with Crippen molar-refractivity contribution in [2.45, 2.75) is 39.3 Å². The molecule has 0 saturated heterocycles. The van der Waals surface area contributed by atoms with Gasteiger partial charge in [-0.25, -0.2) is 0 Å². The Kier molecular flexibility index (Phi) is 3.04. The number of nitrogens with zero attached hydrogens (tertiary/aromatic N) is 1. The molecule has 18 heavy (non-hydrogen) atoms. The van der Waals surface area contributed by atoms with E-state index in [1.165, 1.54) is 23.8 Å². The number of para-hydroxylation sites is 1. The van der Waals surface area contributed by atoms with Gasteiger partial charge in [0, 0.05) is 23.7 Å². The first kappa shape index (κ1) is 11.7. The number of fused-ring (bicyclic) bond motifs is 1. The van der Waals surface area contributed by atoms with Crippen LogP contribution in [0.3, 0.4) is 0 Å². The van der Waals surface area contributed by atoms with Crippen LogP contribution < -0.4 is 5.32 Å². The van der Waals surface area contributed by atoms with Gasteiger partial charge in [0.15, 0.2) is 0 Å². The van der Waals surface area contributed by atoms with E-state index < -0.39 is 0 Å². The molecule has 0 spiro atoms. The summed E-state index contributed by atoms with van der Waals surface area (Å²) in [4.78, 5) is 4.58. The van der Waals surface area contributed by atoms with Crippen LogP contribution in [0.1, 0.15) is 31.0 Å². The fraction of sp³-hybridized carbons (Fsp3) is 0.438. The highest BCUT2D eigenvalue weighted by atomic mass is 15.0. The van der Waals surface area contributed by atoms with Crippen LogP contribution in [0.25, 0.3) is 10.9 Å². The van der Waals surface area contributed by atoms with Crippen LogP contribution in [-0.2, 0) is 6.54 Å². The van der Waals surface area contributed by atoms with Gasteiger partial charge in [-0.05, 0) is 37.0 Å². The Labute approximate surface area is 108 Å². The number of benzene rings is 1. The second-order valence-electron chi connectivity index (χ2n) is 5.33. The molecule has 3 rings (SSSR count). The molecule has 0 amide bonds. The van der Waals surface area contributed by atoms with E-state index in [0.29, 0.717) is 0 Å². The molecule has 2 aromatic rings. The first-order valence-corrected chi connectivity index (χ1v) is 6.86. The lowest BCUT2D eigenvalue weighted by Crippen LogP contribution is -2.17. The topological polar surface area (TPSA) is 24.9 Å². The quantitative estimate of drug-likeness (QED) is 0.885. The molecule has 1 aliphatic rings. The van der Waals surface area contributed by atoms with Crippen molar-refractivity contribution in [1.82, 2.24) is 10.3 Å². The Bertz CT molecular complexity index is 562. The molecule has 0 bridgehead atoms. The normalized spacial score (nSPS) is 22.3. The summed E-state index contributed by atoms with van der Waals surface area (Å²) in [5.41, 5.74) is 3.59. The predicted molar refractivity (Wildman–Crippen MR) is 75.5 cm³/mol. The lowest BCUT2D eigenvalue weighted by atomic mass is 10.1. The third-order valence-electron chi connectivity index (χ3n) is 3.93. The highest BCUT2D eigenvalue weighted by Crippen LogP contribution is 2.33. The zero-order valence-electron chi connectivity index (χ0n) is 11.1. The maximum atomic E-state index is 4.58. The Balaban J connectivity index is 1.82. The molecule has 2 atom stereocenters. The van der Waals surface area contributed by atoms with Crippen molar-refractivity contribution in [1.29, 1.82) is 0 Å². The standard InChI is InChI=1S/C16H20N2/c1-3-12-9-16(12)17-10-13-8-11(2)18-15-7-5-4-6-14(13)15/h4-8,12,16-17H,3,9-10H2,1-2H3. The molecule has 1 saturated carbocycles. The average Bonchev–Trinajstić information content (AvgIpc) is 3.14. The van der Waals surface area contributed by atoms with E-state index in [4.69, 9.17) is 0 Å². The minimum atomic E-state index is 0.738. The minimum absolute atomic E-state index is 0.738. The minimum Gasteiger partial charge on any atom is -0.310 e. The number of hydrogen-bond donors (Lipinski definition) is 1. The maximum Gasteiger partial charge on any atom is 0.0708 e. The molecule has 1 fully saturated rings. The molecule has 2 heteroatoms. The fourth-order valence-corrected chi connectivity index (χ4v) is 2.73. The molecule has 2 nitrogen and oxygen atoms in total. The lowest BCUT2D eigenvalue weighted by Gasteiger charge is -2.09. The molecule has 1 aliphatic carbocycles. The zero-order valence-corrected chi connectivity index (χ0v) is 11.1. The van der Waals surface area contributed by atoms with Crippen LogP contribution >= 0.6 is 0 Å². The van der Waals surface area contributed by atoms with Crippen molar-refractivity contribution < 1.29 is 0 Å². The second kappa shape index (κ2) is 4.69. The number of rotatable bonds is 4. The van der Waals surface area contributed by atoms with Crippen molar-refractivity contribution in [2.75, 3.05) is 0 Å². The first-order chi connectivity index (χ1) is 8.78. The largest absolute Gasteiger partial charge is 0.310 e.